The normalized spacial score (nSPS) is 11.1. The summed E-state index contributed by atoms with van der Waals surface area (Å²) >= 11 is 0. The van der Waals surface area contributed by atoms with Crippen LogP contribution in [-0.4, -0.2) is 15.8 Å². The standard InChI is InChI=1S/C22H18N4O/c1-16-8-7-11-18(14-16)26-21(27)19-12-5-6-13-20(19)24-22(26)25-23-15-17-9-3-2-4-10-17/h2-15H,1H3,(H,24,25)/b23-15+. The Hall–Kier alpha value is -3.73. The van der Waals surface area contributed by atoms with Gasteiger partial charge >= 0.3 is 0 Å². The molecule has 0 atom stereocenters. The van der Waals surface area contributed by atoms with E-state index in [4.69, 9.17) is 0 Å². The van der Waals surface area contributed by atoms with E-state index < -0.39 is 0 Å². The molecule has 0 bridgehead atoms. The van der Waals surface area contributed by atoms with Gasteiger partial charge in [0, 0.05) is 0 Å². The van der Waals surface area contributed by atoms with Crippen molar-refractivity contribution in [1.29, 1.82) is 0 Å². The van der Waals surface area contributed by atoms with Crippen LogP contribution in [0.3, 0.4) is 0 Å². The Morgan fingerprint density at radius 2 is 1.74 bits per heavy atom. The van der Waals surface area contributed by atoms with Crippen LogP contribution in [0.2, 0.25) is 0 Å². The van der Waals surface area contributed by atoms with Crippen molar-refractivity contribution < 1.29 is 0 Å². The zero-order valence-electron chi connectivity index (χ0n) is 14.8. The first kappa shape index (κ1) is 16.7. The van der Waals surface area contributed by atoms with Crippen molar-refractivity contribution in [2.75, 3.05) is 5.43 Å². The maximum absolute atomic E-state index is 13.1. The van der Waals surface area contributed by atoms with E-state index in [1.807, 2.05) is 79.7 Å². The van der Waals surface area contributed by atoms with Gasteiger partial charge in [-0.2, -0.15) is 5.10 Å². The summed E-state index contributed by atoms with van der Waals surface area (Å²) in [5.74, 6) is 0.372. The second kappa shape index (κ2) is 7.25. The van der Waals surface area contributed by atoms with E-state index in [1.54, 1.807) is 16.8 Å². The van der Waals surface area contributed by atoms with Gasteiger partial charge < -0.3 is 0 Å². The average Bonchev–Trinajstić information content (AvgIpc) is 2.69. The Morgan fingerprint density at radius 3 is 2.56 bits per heavy atom. The lowest BCUT2D eigenvalue weighted by molar-refractivity contribution is 0.955. The van der Waals surface area contributed by atoms with Crippen LogP contribution >= 0.6 is 0 Å². The lowest BCUT2D eigenvalue weighted by Gasteiger charge is -2.13. The van der Waals surface area contributed by atoms with E-state index in [9.17, 15) is 4.79 Å². The third kappa shape index (κ3) is 3.48. The number of fused-ring (bicyclic) bond motifs is 1. The average molecular weight is 354 g/mol. The van der Waals surface area contributed by atoms with Gasteiger partial charge in [0.15, 0.2) is 0 Å². The lowest BCUT2D eigenvalue weighted by atomic mass is 10.2. The fourth-order valence-corrected chi connectivity index (χ4v) is 2.92. The smallest absolute Gasteiger partial charge is 0.267 e. The molecule has 4 rings (SSSR count). The molecular formula is C22H18N4O. The summed E-state index contributed by atoms with van der Waals surface area (Å²) in [7, 11) is 0. The van der Waals surface area contributed by atoms with Crippen molar-refractivity contribution in [3.05, 3.63) is 100 Å². The van der Waals surface area contributed by atoms with Crippen molar-refractivity contribution in [3.8, 4) is 5.69 Å². The fourth-order valence-electron chi connectivity index (χ4n) is 2.92. The number of para-hydroxylation sites is 1. The van der Waals surface area contributed by atoms with Gasteiger partial charge in [0.2, 0.25) is 5.95 Å². The number of hydrogen-bond acceptors (Lipinski definition) is 4. The van der Waals surface area contributed by atoms with E-state index >= 15 is 0 Å². The highest BCUT2D eigenvalue weighted by Crippen LogP contribution is 2.17. The molecule has 0 aliphatic carbocycles. The quantitative estimate of drug-likeness (QED) is 0.443. The number of nitrogens with zero attached hydrogens (tertiary/aromatic N) is 3. The maximum Gasteiger partial charge on any atom is 0.267 e. The van der Waals surface area contributed by atoms with E-state index in [2.05, 4.69) is 15.5 Å². The van der Waals surface area contributed by atoms with Gasteiger partial charge in [-0.1, -0.05) is 54.6 Å². The Morgan fingerprint density at radius 1 is 0.963 bits per heavy atom. The molecule has 0 aliphatic rings. The minimum atomic E-state index is -0.136. The molecule has 0 saturated carbocycles. The Balaban J connectivity index is 1.84. The van der Waals surface area contributed by atoms with Crippen LogP contribution in [0.15, 0.2) is 88.8 Å². The van der Waals surface area contributed by atoms with Gasteiger partial charge in [-0.25, -0.2) is 15.0 Å². The molecule has 5 heteroatoms. The highest BCUT2D eigenvalue weighted by atomic mass is 16.1. The van der Waals surface area contributed by atoms with Crippen LogP contribution in [-0.2, 0) is 0 Å². The second-order valence-electron chi connectivity index (χ2n) is 6.21. The molecule has 27 heavy (non-hydrogen) atoms. The molecule has 132 valence electrons. The predicted octanol–water partition coefficient (Wildman–Crippen LogP) is 4.14. The number of aryl methyl sites for hydroxylation is 1. The Bertz CT molecular complexity index is 1180. The van der Waals surface area contributed by atoms with E-state index in [-0.39, 0.29) is 5.56 Å². The Kier molecular flexibility index (Phi) is 4.49. The van der Waals surface area contributed by atoms with Crippen molar-refractivity contribution in [2.45, 2.75) is 6.92 Å². The summed E-state index contributed by atoms with van der Waals surface area (Å²) < 4.78 is 1.55. The van der Waals surface area contributed by atoms with E-state index in [0.717, 1.165) is 16.8 Å². The molecule has 4 aromatic rings. The van der Waals surface area contributed by atoms with Gasteiger partial charge in [0.05, 0.1) is 22.8 Å². The number of benzene rings is 3. The minimum Gasteiger partial charge on any atom is -0.268 e. The number of hydrazone groups is 1. The molecule has 5 nitrogen and oxygen atoms in total. The molecule has 0 fully saturated rings. The van der Waals surface area contributed by atoms with Crippen molar-refractivity contribution >= 4 is 23.1 Å². The van der Waals surface area contributed by atoms with Crippen LogP contribution in [0, 0.1) is 6.92 Å². The molecule has 0 saturated heterocycles. The molecule has 0 radical (unpaired) electrons. The summed E-state index contributed by atoms with van der Waals surface area (Å²) in [6.45, 7) is 1.99. The SMILES string of the molecule is Cc1cccc(-n2c(N/N=C/c3ccccc3)nc3ccccc3c2=O)c1. The number of hydrogen-bond donors (Lipinski definition) is 1. The first-order chi connectivity index (χ1) is 13.2. The molecule has 3 aromatic carbocycles. The van der Waals surface area contributed by atoms with Crippen LogP contribution in [0.5, 0.6) is 0 Å². The number of aromatic nitrogens is 2. The first-order valence-corrected chi connectivity index (χ1v) is 8.65. The van der Waals surface area contributed by atoms with Gasteiger partial charge in [-0.3, -0.25) is 4.79 Å². The zero-order chi connectivity index (χ0) is 18.6. The Labute approximate surface area is 156 Å². The molecule has 1 aromatic heterocycles. The van der Waals surface area contributed by atoms with Gasteiger partial charge in [0.25, 0.3) is 5.56 Å². The molecular weight excluding hydrogens is 336 g/mol. The summed E-state index contributed by atoms with van der Waals surface area (Å²) in [5, 5.41) is 4.84. The molecule has 0 amide bonds. The molecule has 0 aliphatic heterocycles. The number of nitrogens with one attached hydrogen (secondary N) is 1. The maximum atomic E-state index is 13.1. The molecule has 1 N–H and O–H groups in total. The highest BCUT2D eigenvalue weighted by Gasteiger charge is 2.12. The van der Waals surface area contributed by atoms with Gasteiger partial charge in [-0.15, -0.1) is 0 Å². The van der Waals surface area contributed by atoms with Crippen LogP contribution in [0.25, 0.3) is 16.6 Å². The first-order valence-electron chi connectivity index (χ1n) is 8.65. The molecule has 1 heterocycles. The number of rotatable bonds is 4. The summed E-state index contributed by atoms with van der Waals surface area (Å²) in [5.41, 5.74) is 6.19. The summed E-state index contributed by atoms with van der Waals surface area (Å²) in [6, 6.07) is 24.8. The van der Waals surface area contributed by atoms with Crippen molar-refractivity contribution in [3.63, 3.8) is 0 Å². The summed E-state index contributed by atoms with van der Waals surface area (Å²) in [6.07, 6.45) is 1.70. The topological polar surface area (TPSA) is 59.3 Å². The van der Waals surface area contributed by atoms with E-state index in [0.29, 0.717) is 16.9 Å². The van der Waals surface area contributed by atoms with Crippen molar-refractivity contribution in [2.24, 2.45) is 5.10 Å². The fraction of sp³-hybridized carbons (Fsp3) is 0.0455. The minimum absolute atomic E-state index is 0.136. The van der Waals surface area contributed by atoms with Crippen LogP contribution < -0.4 is 11.0 Å². The van der Waals surface area contributed by atoms with Crippen LogP contribution in [0.1, 0.15) is 11.1 Å². The second-order valence-corrected chi connectivity index (χ2v) is 6.21. The summed E-state index contributed by atoms with van der Waals surface area (Å²) in [4.78, 5) is 17.7. The zero-order valence-corrected chi connectivity index (χ0v) is 14.8. The highest BCUT2D eigenvalue weighted by molar-refractivity contribution is 5.81. The molecule has 0 unspecified atom stereocenters. The largest absolute Gasteiger partial charge is 0.268 e. The third-order valence-corrected chi connectivity index (χ3v) is 4.21. The van der Waals surface area contributed by atoms with E-state index in [1.165, 1.54) is 0 Å². The molecule has 0 spiro atoms. The third-order valence-electron chi connectivity index (χ3n) is 4.21. The van der Waals surface area contributed by atoms with Crippen molar-refractivity contribution in [1.82, 2.24) is 9.55 Å². The van der Waals surface area contributed by atoms with Crippen LogP contribution in [0.4, 0.5) is 5.95 Å². The predicted molar refractivity (Wildman–Crippen MR) is 110 cm³/mol. The van der Waals surface area contributed by atoms with Gasteiger partial charge in [-0.05, 0) is 42.3 Å². The lowest BCUT2D eigenvalue weighted by Crippen LogP contribution is -2.22. The van der Waals surface area contributed by atoms with Gasteiger partial charge in [0.1, 0.15) is 0 Å². The number of anilines is 1. The monoisotopic (exact) mass is 354 g/mol.